The number of nitrogens with one attached hydrogen (secondary N) is 4. The van der Waals surface area contributed by atoms with E-state index in [-0.39, 0.29) is 32.5 Å². The molecule has 8 aromatic heterocycles. The maximum Gasteiger partial charge on any atom is 0.164 e. The van der Waals surface area contributed by atoms with E-state index in [1.807, 2.05) is 21.8 Å². The van der Waals surface area contributed by atoms with Gasteiger partial charge in [0.25, 0.3) is 0 Å². The molecule has 0 radical (unpaired) electrons. The van der Waals surface area contributed by atoms with Crippen LogP contribution in [0.1, 0.15) is 169 Å². The van der Waals surface area contributed by atoms with Gasteiger partial charge in [0, 0.05) is 98.7 Å². The van der Waals surface area contributed by atoms with Gasteiger partial charge in [-0.25, -0.2) is 69.2 Å². The molecule has 17 aromatic rings. The van der Waals surface area contributed by atoms with Crippen molar-refractivity contribution in [3.8, 4) is 114 Å². The number of hydrogen-bond donors (Lipinski definition) is 4. The summed E-state index contributed by atoms with van der Waals surface area (Å²) in [6.07, 6.45) is 3.97. The molecule has 602 valence electrons. The van der Waals surface area contributed by atoms with Gasteiger partial charge in [0.05, 0.1) is 25.5 Å². The molecule has 0 aliphatic carbocycles. The zero-order valence-corrected chi connectivity index (χ0v) is 71.8. The van der Waals surface area contributed by atoms with Gasteiger partial charge in [0.1, 0.15) is 56.6 Å². The first-order chi connectivity index (χ1) is 58.1. The van der Waals surface area contributed by atoms with Crippen molar-refractivity contribution < 1.29 is 0 Å². The normalized spacial score (nSPS) is 13.1. The zero-order chi connectivity index (χ0) is 84.3. The van der Waals surface area contributed by atoms with E-state index in [2.05, 4.69) is 314 Å². The molecule has 21 rings (SSSR count). The average molecular weight is 1600 g/mol. The van der Waals surface area contributed by atoms with Gasteiger partial charge in [-0.15, -0.1) is 10.2 Å². The van der Waals surface area contributed by atoms with Crippen LogP contribution in [0.5, 0.6) is 0 Å². The van der Waals surface area contributed by atoms with E-state index in [9.17, 15) is 0 Å². The minimum absolute atomic E-state index is 0.122. The number of H-pyrrole nitrogens is 4. The summed E-state index contributed by atoms with van der Waals surface area (Å²) in [5, 5.41) is 26.0. The summed E-state index contributed by atoms with van der Waals surface area (Å²) in [6.45, 7) is 41.0. The molecule has 0 spiro atoms. The van der Waals surface area contributed by atoms with Gasteiger partial charge in [-0.3, -0.25) is 0 Å². The Labute approximate surface area is 704 Å². The standard InChI is InChI=1S/C100H92N22/c1-95(2,3)55-25-33-63-71(41-55)91-107-81(63)103-87-69-39-53(23-31-61(69)79(101-87)105-89-73-43-57(97(7,8)9)27-35-65(73)83(109-89)113-93-75-45-59(99(13,14)15)29-37-67(75)85(111-91)115-93)77-49-121(119-117-77)47-51-19-21-52(22-20-51)48-122-50-78(118-120-122)54-24-32-62-70(40-54)88-102-80(62)106-90-74-44-58(98(10,11)12)28-36-66(74)84(110-90)114-94-76-46-60(100(16,17)18)30-38-68(76)86(116-94)112-92-72-42-56(96(4,5)6)26-34-64(72)82(104-88)108-92/h19-46,49-50H,47-48H2,1-18H3,(H2,101,103,105,107,109,111,113,115)(H2,102,104,106,108,110,112,114,116). The highest BCUT2D eigenvalue weighted by Gasteiger charge is 2.32. The maximum atomic E-state index is 5.45. The second kappa shape index (κ2) is 26.7. The molecule has 0 saturated carbocycles. The Morgan fingerprint density at radius 2 is 0.443 bits per heavy atom. The minimum Gasteiger partial charge on any atom is -0.324 e. The van der Waals surface area contributed by atoms with Gasteiger partial charge in [-0.1, -0.05) is 244 Å². The third-order valence-electron chi connectivity index (χ3n) is 24.2. The van der Waals surface area contributed by atoms with Crippen LogP contribution < -0.4 is 0 Å². The molecule has 16 bridgehead atoms. The average Bonchev–Trinajstić information content (AvgIpc) is 1.59. The third kappa shape index (κ3) is 13.2. The molecule has 0 amide bonds. The smallest absolute Gasteiger partial charge is 0.164 e. The second-order valence-corrected chi connectivity index (χ2v) is 39.2. The quantitative estimate of drug-likeness (QED) is 0.120. The first kappa shape index (κ1) is 75.5. The number of nitrogens with zero attached hydrogens (tertiary/aromatic N) is 18. The summed E-state index contributed by atoms with van der Waals surface area (Å²) in [5.41, 5.74) is 23.4. The van der Waals surface area contributed by atoms with E-state index in [0.29, 0.717) is 116 Å². The number of aromatic nitrogens is 22. The lowest BCUT2D eigenvalue weighted by Crippen LogP contribution is -2.10. The first-order valence-electron chi connectivity index (χ1n) is 41.8. The van der Waals surface area contributed by atoms with Crippen LogP contribution in [0.15, 0.2) is 182 Å². The van der Waals surface area contributed by atoms with Gasteiger partial charge in [0.15, 0.2) is 46.6 Å². The number of aromatic amines is 4. The molecule has 12 heterocycles. The van der Waals surface area contributed by atoms with Crippen LogP contribution in [0.4, 0.5) is 0 Å². The number of hydrogen-bond acceptors (Lipinski definition) is 16. The van der Waals surface area contributed by atoms with E-state index in [1.54, 1.807) is 0 Å². The monoisotopic (exact) mass is 1600 g/mol. The minimum atomic E-state index is -0.149. The summed E-state index contributed by atoms with van der Waals surface area (Å²) in [5.74, 6) is 4.33. The highest BCUT2D eigenvalue weighted by atomic mass is 15.4. The van der Waals surface area contributed by atoms with E-state index in [0.717, 1.165) is 132 Å². The van der Waals surface area contributed by atoms with Crippen LogP contribution in [0, 0.1) is 0 Å². The Balaban J connectivity index is 0.614. The Morgan fingerprint density at radius 1 is 0.221 bits per heavy atom. The van der Waals surface area contributed by atoms with E-state index >= 15 is 0 Å². The summed E-state index contributed by atoms with van der Waals surface area (Å²) >= 11 is 0. The van der Waals surface area contributed by atoms with Crippen molar-refractivity contribution in [2.24, 2.45) is 0 Å². The summed E-state index contributed by atoms with van der Waals surface area (Å²) in [4.78, 5) is 79.3. The van der Waals surface area contributed by atoms with Crippen LogP contribution in [-0.4, -0.2) is 110 Å². The first-order valence-corrected chi connectivity index (χ1v) is 41.8. The van der Waals surface area contributed by atoms with Crippen LogP contribution in [0.2, 0.25) is 0 Å². The van der Waals surface area contributed by atoms with Crippen molar-refractivity contribution in [2.75, 3.05) is 0 Å². The fourth-order valence-corrected chi connectivity index (χ4v) is 16.8. The Hall–Kier alpha value is -14.0. The fraction of sp³-hybridized carbons (Fsp3) is 0.260. The van der Waals surface area contributed by atoms with Crippen molar-refractivity contribution in [3.05, 3.63) is 227 Å². The number of rotatable bonds is 6. The molecule has 0 unspecified atom stereocenters. The molecule has 22 heteroatoms. The van der Waals surface area contributed by atoms with E-state index in [4.69, 9.17) is 80.4 Å². The predicted molar refractivity (Wildman–Crippen MR) is 487 cm³/mol. The molecule has 9 aromatic carbocycles. The van der Waals surface area contributed by atoms with Crippen LogP contribution >= 0.6 is 0 Å². The van der Waals surface area contributed by atoms with E-state index < -0.39 is 0 Å². The number of fused-ring (bicyclic) bond motifs is 40. The van der Waals surface area contributed by atoms with Gasteiger partial charge >= 0.3 is 0 Å². The van der Waals surface area contributed by atoms with Gasteiger partial charge < -0.3 is 19.9 Å². The summed E-state index contributed by atoms with van der Waals surface area (Å²) in [7, 11) is 0. The van der Waals surface area contributed by atoms with Crippen LogP contribution in [-0.2, 0) is 45.6 Å². The predicted octanol–water partition coefficient (Wildman–Crippen LogP) is 22.5. The second-order valence-electron chi connectivity index (χ2n) is 39.2. The molecule has 4 N–H and O–H groups in total. The molecule has 0 saturated heterocycles. The Morgan fingerprint density at radius 3 is 0.705 bits per heavy atom. The molecular weight excluding hydrogens is 1510 g/mol. The highest BCUT2D eigenvalue weighted by molar-refractivity contribution is 6.10. The van der Waals surface area contributed by atoms with Gasteiger partial charge in [-0.2, -0.15) is 0 Å². The lowest BCUT2D eigenvalue weighted by molar-refractivity contribution is 0.590. The maximum absolute atomic E-state index is 5.45. The molecular formula is C100H92N22. The molecule has 4 aliphatic heterocycles. The van der Waals surface area contributed by atoms with Crippen molar-refractivity contribution in [1.29, 1.82) is 0 Å². The molecule has 122 heavy (non-hydrogen) atoms. The summed E-state index contributed by atoms with van der Waals surface area (Å²) < 4.78 is 3.74. The SMILES string of the molecule is CC(C)(C)c1ccc2c(c1)-c1nc-2nc2[nH]c(nc3nc(nc4[nH]c(n1)c1ccc(-c5cn(Cc6ccc(Cn7cc(-c8ccc9c%10nc%11nc(nc%12[nH]c(nc%13nc(nc([nH]%10)c9c8)-c8ccc(C(C)(C)C)cc8-%13)c8ccc(C(C)(C)C)cc%128)-c8ccc(C(C)(C)C)cc8-%11)nn7)cc6)nn5)cc41)-c1ccc(C(C)(C)C)cc1-3)c1ccc(C(C)(C)C)cc21. The Bertz CT molecular complexity index is 7210. The Kier molecular flexibility index (Phi) is 16.5. The lowest BCUT2D eigenvalue weighted by atomic mass is 9.85. The third-order valence-corrected chi connectivity index (χ3v) is 24.2. The zero-order valence-electron chi connectivity index (χ0n) is 71.8. The van der Waals surface area contributed by atoms with Gasteiger partial charge in [-0.05, 0) is 138 Å². The van der Waals surface area contributed by atoms with Crippen molar-refractivity contribution in [2.45, 2.75) is 170 Å². The molecule has 0 atom stereocenters. The van der Waals surface area contributed by atoms with E-state index in [1.165, 1.54) is 11.1 Å². The molecule has 22 nitrogen and oxygen atoms in total. The topological polar surface area (TPSA) is 279 Å². The summed E-state index contributed by atoms with van der Waals surface area (Å²) in [6, 6.07) is 60.1. The van der Waals surface area contributed by atoms with Crippen LogP contribution in [0.3, 0.4) is 0 Å². The van der Waals surface area contributed by atoms with Crippen LogP contribution in [0.25, 0.3) is 202 Å². The fourth-order valence-electron chi connectivity index (χ4n) is 16.8. The van der Waals surface area contributed by atoms with Gasteiger partial charge in [0.2, 0.25) is 0 Å². The van der Waals surface area contributed by atoms with Crippen molar-refractivity contribution in [3.63, 3.8) is 0 Å². The number of benzene rings is 9. The van der Waals surface area contributed by atoms with Crippen molar-refractivity contribution >= 4 is 88.3 Å². The molecule has 0 fully saturated rings. The highest BCUT2D eigenvalue weighted by Crippen LogP contribution is 2.46. The largest absolute Gasteiger partial charge is 0.324 e. The van der Waals surface area contributed by atoms with Crippen molar-refractivity contribution in [1.82, 2.24) is 110 Å². The molecule has 4 aliphatic rings. The lowest BCUT2D eigenvalue weighted by Gasteiger charge is -2.19.